The Morgan fingerprint density at radius 3 is 1.46 bits per heavy atom. The first kappa shape index (κ1) is 17.9. The Hall–Kier alpha value is -0.875. The van der Waals surface area contributed by atoms with E-state index in [1.54, 1.807) is 23.5 Å². The van der Waals surface area contributed by atoms with Gasteiger partial charge in [-0.1, -0.05) is 36.4 Å². The summed E-state index contributed by atoms with van der Waals surface area (Å²) >= 11 is 3.59. The van der Waals surface area contributed by atoms with Gasteiger partial charge in [0.15, 0.2) is 0 Å². The second kappa shape index (κ2) is 7.16. The van der Waals surface area contributed by atoms with E-state index in [1.165, 1.54) is 9.79 Å². The fourth-order valence-corrected chi connectivity index (χ4v) is 4.87. The van der Waals surface area contributed by atoms with Crippen molar-refractivity contribution in [3.8, 4) is 0 Å². The lowest BCUT2D eigenvalue weighted by Gasteiger charge is -2.32. The molecular formula is C19H23BO2S2. The van der Waals surface area contributed by atoms with Crippen LogP contribution in [0.4, 0.5) is 0 Å². The first-order chi connectivity index (χ1) is 11.4. The van der Waals surface area contributed by atoms with Crippen LogP contribution in [0, 0.1) is 0 Å². The minimum absolute atomic E-state index is 0.121. The van der Waals surface area contributed by atoms with Crippen molar-refractivity contribution in [1.29, 1.82) is 0 Å². The lowest BCUT2D eigenvalue weighted by Crippen LogP contribution is -2.41. The van der Waals surface area contributed by atoms with E-state index in [-0.39, 0.29) is 22.8 Å². The van der Waals surface area contributed by atoms with Gasteiger partial charge in [0.05, 0.1) is 15.7 Å². The van der Waals surface area contributed by atoms with E-state index in [4.69, 9.17) is 9.31 Å². The van der Waals surface area contributed by atoms with E-state index in [0.29, 0.717) is 0 Å². The summed E-state index contributed by atoms with van der Waals surface area (Å²) in [5.41, 5.74) is -0.630. The summed E-state index contributed by atoms with van der Waals surface area (Å²) in [7, 11) is -0.259. The Bertz CT molecular complexity index is 604. The van der Waals surface area contributed by atoms with E-state index in [1.807, 2.05) is 12.1 Å². The predicted molar refractivity (Wildman–Crippen MR) is 104 cm³/mol. The highest BCUT2D eigenvalue weighted by atomic mass is 32.2. The molecule has 1 aliphatic heterocycles. The van der Waals surface area contributed by atoms with Crippen molar-refractivity contribution in [3.05, 3.63) is 60.7 Å². The summed E-state index contributed by atoms with van der Waals surface area (Å²) in [6.45, 7) is 8.41. The van der Waals surface area contributed by atoms with Crippen LogP contribution in [-0.2, 0) is 9.31 Å². The van der Waals surface area contributed by atoms with Gasteiger partial charge in [-0.2, -0.15) is 0 Å². The van der Waals surface area contributed by atoms with Crippen LogP contribution >= 0.6 is 23.5 Å². The lowest BCUT2D eigenvalue weighted by molar-refractivity contribution is 0.00578. The minimum atomic E-state index is -0.315. The second-order valence-corrected chi connectivity index (χ2v) is 9.58. The van der Waals surface area contributed by atoms with Gasteiger partial charge in [0.25, 0.3) is 0 Å². The fraction of sp³-hybridized carbons (Fsp3) is 0.368. The van der Waals surface area contributed by atoms with Crippen molar-refractivity contribution < 1.29 is 9.31 Å². The van der Waals surface area contributed by atoms with E-state index in [0.717, 1.165) is 0 Å². The molecule has 5 heteroatoms. The third kappa shape index (κ3) is 4.02. The van der Waals surface area contributed by atoms with E-state index in [2.05, 4.69) is 76.2 Å². The SMILES string of the molecule is CC1(C)OB(C(Sc2ccccc2)Sc2ccccc2)OC1(C)C. The molecule has 3 rings (SSSR count). The van der Waals surface area contributed by atoms with Crippen LogP contribution in [0.15, 0.2) is 70.5 Å². The molecule has 1 aliphatic rings. The summed E-state index contributed by atoms with van der Waals surface area (Å²) in [6.07, 6.45) is 0. The first-order valence-electron chi connectivity index (χ1n) is 8.16. The van der Waals surface area contributed by atoms with Gasteiger partial charge in [-0.15, -0.1) is 23.5 Å². The van der Waals surface area contributed by atoms with Gasteiger partial charge in [-0.3, -0.25) is 0 Å². The Morgan fingerprint density at radius 1 is 0.708 bits per heavy atom. The Morgan fingerprint density at radius 2 is 1.08 bits per heavy atom. The molecule has 0 bridgehead atoms. The van der Waals surface area contributed by atoms with Gasteiger partial charge in [-0.25, -0.2) is 0 Å². The molecule has 0 radical (unpaired) electrons. The third-order valence-electron chi connectivity index (χ3n) is 4.48. The van der Waals surface area contributed by atoms with Gasteiger partial charge in [0, 0.05) is 9.79 Å². The van der Waals surface area contributed by atoms with Crippen molar-refractivity contribution in [2.45, 2.75) is 53.2 Å². The average Bonchev–Trinajstić information content (AvgIpc) is 2.77. The summed E-state index contributed by atoms with van der Waals surface area (Å²) in [5.74, 6) is 0. The number of rotatable bonds is 5. The van der Waals surface area contributed by atoms with Crippen LogP contribution in [0.1, 0.15) is 27.7 Å². The van der Waals surface area contributed by atoms with Gasteiger partial charge in [0.2, 0.25) is 0 Å². The van der Waals surface area contributed by atoms with Crippen molar-refractivity contribution in [2.75, 3.05) is 0 Å². The van der Waals surface area contributed by atoms with Crippen LogP contribution < -0.4 is 0 Å². The number of hydrogen-bond acceptors (Lipinski definition) is 4. The van der Waals surface area contributed by atoms with Crippen molar-refractivity contribution in [3.63, 3.8) is 0 Å². The second-order valence-electron chi connectivity index (χ2n) is 6.85. The summed E-state index contributed by atoms with van der Waals surface area (Å²) < 4.78 is 12.7. The molecular weight excluding hydrogens is 335 g/mol. The van der Waals surface area contributed by atoms with E-state index in [9.17, 15) is 0 Å². The van der Waals surface area contributed by atoms with Crippen LogP contribution in [0.5, 0.6) is 0 Å². The standard InChI is InChI=1S/C19H23BO2S2/c1-18(2)19(3,4)22-20(21-18)17(23-15-11-7-5-8-12-15)24-16-13-9-6-10-14-16/h5-14,17H,1-4H3. The highest BCUT2D eigenvalue weighted by Gasteiger charge is 2.54. The molecule has 0 atom stereocenters. The van der Waals surface area contributed by atoms with E-state index >= 15 is 0 Å². The van der Waals surface area contributed by atoms with Gasteiger partial charge >= 0.3 is 7.12 Å². The quantitative estimate of drug-likeness (QED) is 0.397. The molecule has 2 aromatic rings. The molecule has 1 fully saturated rings. The topological polar surface area (TPSA) is 18.5 Å². The maximum atomic E-state index is 6.31. The molecule has 0 saturated carbocycles. The lowest BCUT2D eigenvalue weighted by atomic mass is 9.90. The highest BCUT2D eigenvalue weighted by Crippen LogP contribution is 2.45. The molecule has 0 aromatic heterocycles. The summed E-state index contributed by atoms with van der Waals surface area (Å²) in [6, 6.07) is 20.9. The van der Waals surface area contributed by atoms with Gasteiger partial charge in [0.1, 0.15) is 0 Å². The van der Waals surface area contributed by atoms with Crippen LogP contribution in [0.3, 0.4) is 0 Å². The normalized spacial score (nSPS) is 19.0. The number of hydrogen-bond donors (Lipinski definition) is 0. The molecule has 126 valence electrons. The highest BCUT2D eigenvalue weighted by molar-refractivity contribution is 8.19. The molecule has 2 nitrogen and oxygen atoms in total. The van der Waals surface area contributed by atoms with Gasteiger partial charge < -0.3 is 9.31 Å². The Balaban J connectivity index is 1.82. The maximum absolute atomic E-state index is 6.31. The zero-order chi connectivity index (χ0) is 17.2. The maximum Gasteiger partial charge on any atom is 0.483 e. The number of thioether (sulfide) groups is 2. The molecule has 0 aliphatic carbocycles. The minimum Gasteiger partial charge on any atom is -0.402 e. The van der Waals surface area contributed by atoms with Crippen LogP contribution in [0.2, 0.25) is 0 Å². The zero-order valence-corrected chi connectivity index (χ0v) is 16.2. The predicted octanol–water partition coefficient (Wildman–Crippen LogP) is 5.53. The fourth-order valence-electron chi connectivity index (χ4n) is 2.40. The Labute approximate surface area is 153 Å². The molecule has 0 amide bonds. The summed E-state index contributed by atoms with van der Waals surface area (Å²) in [5, 5.41) is 0. The third-order valence-corrected chi connectivity index (χ3v) is 7.06. The molecule has 24 heavy (non-hydrogen) atoms. The zero-order valence-electron chi connectivity index (χ0n) is 14.6. The Kier molecular flexibility index (Phi) is 5.35. The molecule has 0 spiro atoms. The average molecular weight is 358 g/mol. The number of benzene rings is 2. The largest absolute Gasteiger partial charge is 0.483 e. The van der Waals surface area contributed by atoms with Crippen molar-refractivity contribution >= 4 is 30.6 Å². The molecule has 1 heterocycles. The van der Waals surface area contributed by atoms with Crippen LogP contribution in [-0.4, -0.2) is 22.8 Å². The first-order valence-corrected chi connectivity index (χ1v) is 9.92. The molecule has 0 unspecified atom stereocenters. The smallest absolute Gasteiger partial charge is 0.402 e. The van der Waals surface area contributed by atoms with Crippen molar-refractivity contribution in [2.24, 2.45) is 0 Å². The van der Waals surface area contributed by atoms with Crippen molar-refractivity contribution in [1.82, 2.24) is 0 Å². The summed E-state index contributed by atoms with van der Waals surface area (Å²) in [4.78, 5) is 2.45. The van der Waals surface area contributed by atoms with Crippen LogP contribution in [0.25, 0.3) is 0 Å². The van der Waals surface area contributed by atoms with Gasteiger partial charge in [-0.05, 0) is 52.0 Å². The monoisotopic (exact) mass is 358 g/mol. The van der Waals surface area contributed by atoms with E-state index < -0.39 is 0 Å². The molecule has 1 saturated heterocycles. The molecule has 2 aromatic carbocycles. The molecule has 0 N–H and O–H groups in total.